The molecule has 1 aliphatic heterocycles. The van der Waals surface area contributed by atoms with Crippen LogP contribution < -0.4 is 5.32 Å². The van der Waals surface area contributed by atoms with Gasteiger partial charge in [0, 0.05) is 12.6 Å². The van der Waals surface area contributed by atoms with E-state index in [0.717, 1.165) is 38.8 Å². The summed E-state index contributed by atoms with van der Waals surface area (Å²) in [4.78, 5) is 25.9. The van der Waals surface area contributed by atoms with Gasteiger partial charge < -0.3 is 10.4 Å². The maximum absolute atomic E-state index is 12.7. The minimum Gasteiger partial charge on any atom is -0.481 e. The Morgan fingerprint density at radius 2 is 1.79 bits per heavy atom. The zero-order valence-electron chi connectivity index (χ0n) is 14.0. The SMILES string of the molecule is O=C(O)C1CCC(NC(=O)C2CCCN2Cc2ccccc2)CC1. The molecule has 0 aromatic heterocycles. The third-order valence-electron chi connectivity index (χ3n) is 5.32. The maximum Gasteiger partial charge on any atom is 0.306 e. The Morgan fingerprint density at radius 3 is 2.46 bits per heavy atom. The number of likely N-dealkylation sites (tertiary alicyclic amines) is 1. The van der Waals surface area contributed by atoms with Crippen molar-refractivity contribution >= 4 is 11.9 Å². The first-order chi connectivity index (χ1) is 11.6. The molecule has 1 unspecified atom stereocenters. The predicted octanol–water partition coefficient (Wildman–Crippen LogP) is 2.41. The average molecular weight is 330 g/mol. The molecule has 5 heteroatoms. The third-order valence-corrected chi connectivity index (χ3v) is 5.32. The number of benzene rings is 1. The Kier molecular flexibility index (Phi) is 5.51. The van der Waals surface area contributed by atoms with Gasteiger partial charge in [0.1, 0.15) is 0 Å². The largest absolute Gasteiger partial charge is 0.481 e. The van der Waals surface area contributed by atoms with Gasteiger partial charge in [0.2, 0.25) is 5.91 Å². The summed E-state index contributed by atoms with van der Waals surface area (Å²) in [5, 5.41) is 12.2. The Morgan fingerprint density at radius 1 is 1.08 bits per heavy atom. The van der Waals surface area contributed by atoms with Crippen molar-refractivity contribution in [3.8, 4) is 0 Å². The van der Waals surface area contributed by atoms with E-state index < -0.39 is 5.97 Å². The van der Waals surface area contributed by atoms with Crippen LogP contribution in [0.4, 0.5) is 0 Å². The van der Waals surface area contributed by atoms with Crippen LogP contribution in [0.3, 0.4) is 0 Å². The van der Waals surface area contributed by atoms with E-state index in [1.165, 1.54) is 5.56 Å². The average Bonchev–Trinajstić information content (AvgIpc) is 3.04. The number of amides is 1. The number of rotatable bonds is 5. The van der Waals surface area contributed by atoms with Crippen molar-refractivity contribution in [1.82, 2.24) is 10.2 Å². The number of hydrogen-bond acceptors (Lipinski definition) is 3. The van der Waals surface area contributed by atoms with Gasteiger partial charge in [-0.05, 0) is 50.6 Å². The molecule has 1 saturated heterocycles. The number of aliphatic carboxylic acids is 1. The fourth-order valence-corrected chi connectivity index (χ4v) is 3.91. The summed E-state index contributed by atoms with van der Waals surface area (Å²) >= 11 is 0. The van der Waals surface area contributed by atoms with Crippen molar-refractivity contribution < 1.29 is 14.7 Å². The van der Waals surface area contributed by atoms with Gasteiger partial charge in [0.15, 0.2) is 0 Å². The van der Waals surface area contributed by atoms with Crippen LogP contribution in [-0.4, -0.2) is 40.5 Å². The van der Waals surface area contributed by atoms with Crippen LogP contribution in [0, 0.1) is 5.92 Å². The summed E-state index contributed by atoms with van der Waals surface area (Å²) in [6.45, 7) is 1.77. The molecule has 24 heavy (non-hydrogen) atoms. The number of carboxylic acid groups (broad SMARTS) is 1. The number of nitrogens with one attached hydrogen (secondary N) is 1. The molecule has 3 rings (SSSR count). The molecular weight excluding hydrogens is 304 g/mol. The highest BCUT2D eigenvalue weighted by Crippen LogP contribution is 2.26. The number of nitrogens with zero attached hydrogens (tertiary/aromatic N) is 1. The first-order valence-electron chi connectivity index (χ1n) is 8.94. The van der Waals surface area contributed by atoms with Crippen molar-refractivity contribution in [2.45, 2.75) is 57.2 Å². The lowest BCUT2D eigenvalue weighted by Crippen LogP contribution is -2.47. The third kappa shape index (κ3) is 4.15. The molecule has 1 atom stereocenters. The summed E-state index contributed by atoms with van der Waals surface area (Å²) in [5.74, 6) is -0.828. The molecule has 2 aliphatic rings. The van der Waals surface area contributed by atoms with Crippen molar-refractivity contribution in [2.24, 2.45) is 5.92 Å². The summed E-state index contributed by atoms with van der Waals surface area (Å²) in [6.07, 6.45) is 4.83. The monoisotopic (exact) mass is 330 g/mol. The van der Waals surface area contributed by atoms with Gasteiger partial charge in [0.05, 0.1) is 12.0 Å². The minimum absolute atomic E-state index is 0.0533. The maximum atomic E-state index is 12.7. The quantitative estimate of drug-likeness (QED) is 0.870. The summed E-state index contributed by atoms with van der Waals surface area (Å²) < 4.78 is 0. The van der Waals surface area contributed by atoms with E-state index in [1.54, 1.807) is 0 Å². The molecule has 0 radical (unpaired) electrons. The molecule has 2 N–H and O–H groups in total. The molecule has 1 saturated carbocycles. The van der Waals surface area contributed by atoms with Crippen molar-refractivity contribution in [3.05, 3.63) is 35.9 Å². The van der Waals surface area contributed by atoms with Crippen molar-refractivity contribution in [2.75, 3.05) is 6.54 Å². The molecule has 130 valence electrons. The van der Waals surface area contributed by atoms with Gasteiger partial charge in [-0.25, -0.2) is 0 Å². The minimum atomic E-state index is -0.704. The fraction of sp³-hybridized carbons (Fsp3) is 0.579. The molecule has 2 fully saturated rings. The van der Waals surface area contributed by atoms with E-state index in [4.69, 9.17) is 5.11 Å². The van der Waals surface area contributed by atoms with Crippen molar-refractivity contribution in [1.29, 1.82) is 0 Å². The molecule has 0 spiro atoms. The zero-order chi connectivity index (χ0) is 16.9. The van der Waals surface area contributed by atoms with Crippen LogP contribution in [0.2, 0.25) is 0 Å². The highest BCUT2D eigenvalue weighted by Gasteiger charge is 2.33. The summed E-state index contributed by atoms with van der Waals surface area (Å²) in [7, 11) is 0. The Balaban J connectivity index is 1.52. The van der Waals surface area contributed by atoms with E-state index in [-0.39, 0.29) is 23.9 Å². The molecule has 0 bridgehead atoms. The molecule has 1 aliphatic carbocycles. The van der Waals surface area contributed by atoms with Crippen LogP contribution in [0.15, 0.2) is 30.3 Å². The smallest absolute Gasteiger partial charge is 0.306 e. The van der Waals surface area contributed by atoms with Crippen LogP contribution in [0.25, 0.3) is 0 Å². The zero-order valence-corrected chi connectivity index (χ0v) is 14.0. The summed E-state index contributed by atoms with van der Waals surface area (Å²) in [6, 6.07) is 10.3. The number of carboxylic acids is 1. The Bertz CT molecular complexity index is 567. The second-order valence-electron chi connectivity index (χ2n) is 7.01. The van der Waals surface area contributed by atoms with E-state index in [0.29, 0.717) is 12.8 Å². The molecule has 5 nitrogen and oxygen atoms in total. The van der Waals surface area contributed by atoms with Crippen LogP contribution in [0.5, 0.6) is 0 Å². The van der Waals surface area contributed by atoms with Crippen molar-refractivity contribution in [3.63, 3.8) is 0 Å². The normalized spacial score (nSPS) is 27.8. The Labute approximate surface area is 143 Å². The fourth-order valence-electron chi connectivity index (χ4n) is 3.91. The van der Waals surface area contributed by atoms with Gasteiger partial charge in [-0.3, -0.25) is 14.5 Å². The van der Waals surface area contributed by atoms with Gasteiger partial charge >= 0.3 is 5.97 Å². The topological polar surface area (TPSA) is 69.6 Å². The van der Waals surface area contributed by atoms with Gasteiger partial charge in [0.25, 0.3) is 0 Å². The number of carbonyl (C=O) groups is 2. The van der Waals surface area contributed by atoms with E-state index in [2.05, 4.69) is 22.3 Å². The number of carbonyl (C=O) groups excluding carboxylic acids is 1. The van der Waals surface area contributed by atoms with Crippen LogP contribution >= 0.6 is 0 Å². The predicted molar refractivity (Wildman–Crippen MR) is 91.4 cm³/mol. The highest BCUT2D eigenvalue weighted by atomic mass is 16.4. The van der Waals surface area contributed by atoms with Gasteiger partial charge in [-0.1, -0.05) is 30.3 Å². The molecule has 1 amide bonds. The van der Waals surface area contributed by atoms with Crippen LogP contribution in [-0.2, 0) is 16.1 Å². The second kappa shape index (κ2) is 7.79. The van der Waals surface area contributed by atoms with Gasteiger partial charge in [-0.2, -0.15) is 0 Å². The second-order valence-corrected chi connectivity index (χ2v) is 7.01. The highest BCUT2D eigenvalue weighted by molar-refractivity contribution is 5.82. The lowest BCUT2D eigenvalue weighted by atomic mass is 9.86. The molecular formula is C19H26N2O3. The van der Waals surface area contributed by atoms with Crippen LogP contribution in [0.1, 0.15) is 44.1 Å². The van der Waals surface area contributed by atoms with E-state index in [1.807, 2.05) is 18.2 Å². The Hall–Kier alpha value is -1.88. The first-order valence-corrected chi connectivity index (χ1v) is 8.94. The number of hydrogen-bond donors (Lipinski definition) is 2. The lowest BCUT2D eigenvalue weighted by molar-refractivity contribution is -0.142. The standard InChI is InChI=1S/C19H26N2O3/c22-18(20-16-10-8-15(9-11-16)19(23)24)17-7-4-12-21(17)13-14-5-2-1-3-6-14/h1-3,5-6,15-17H,4,7-13H2,(H,20,22)(H,23,24). The summed E-state index contributed by atoms with van der Waals surface area (Å²) in [5.41, 5.74) is 1.24. The van der Waals surface area contributed by atoms with E-state index in [9.17, 15) is 9.59 Å². The lowest BCUT2D eigenvalue weighted by Gasteiger charge is -2.30. The van der Waals surface area contributed by atoms with Gasteiger partial charge in [-0.15, -0.1) is 0 Å². The molecule has 1 aromatic rings. The van der Waals surface area contributed by atoms with E-state index >= 15 is 0 Å². The molecule has 1 aromatic carbocycles. The first kappa shape index (κ1) is 17.0. The molecule has 1 heterocycles.